The largest absolute Gasteiger partial charge is 0.497 e. The van der Waals surface area contributed by atoms with Gasteiger partial charge in [-0.3, -0.25) is 0 Å². The molecule has 1 aromatic carbocycles. The Bertz CT molecular complexity index is 1370. The summed E-state index contributed by atoms with van der Waals surface area (Å²) in [5, 5.41) is 3.38. The summed E-state index contributed by atoms with van der Waals surface area (Å²) in [5.41, 5.74) is 2.30. The molecule has 0 fully saturated rings. The van der Waals surface area contributed by atoms with Crippen molar-refractivity contribution in [1.29, 1.82) is 0 Å². The lowest BCUT2D eigenvalue weighted by Crippen LogP contribution is -2.04. The lowest BCUT2D eigenvalue weighted by molar-refractivity contribution is -0.159. The van der Waals surface area contributed by atoms with Crippen LogP contribution in [0.3, 0.4) is 0 Å². The third-order valence-electron chi connectivity index (χ3n) is 4.52. The van der Waals surface area contributed by atoms with E-state index in [1.807, 2.05) is 24.3 Å². The molecule has 3 heterocycles. The van der Waals surface area contributed by atoms with Crippen molar-refractivity contribution < 1.29 is 26.6 Å². The summed E-state index contributed by atoms with van der Waals surface area (Å²) in [7, 11) is -0.987. The highest BCUT2D eigenvalue weighted by atomic mass is 32.2. The van der Waals surface area contributed by atoms with E-state index in [4.69, 9.17) is 4.74 Å². The lowest BCUT2D eigenvalue weighted by Gasteiger charge is -2.04. The van der Waals surface area contributed by atoms with Crippen LogP contribution in [0.5, 0.6) is 5.75 Å². The number of aromatic nitrogens is 4. The number of ether oxygens (including phenoxy) is 1. The molecule has 8 nitrogen and oxygen atoms in total. The molecule has 0 saturated heterocycles. The van der Waals surface area contributed by atoms with Gasteiger partial charge >= 0.3 is 12.1 Å². The fourth-order valence-corrected chi connectivity index (χ4v) is 4.17. The third-order valence-corrected chi connectivity index (χ3v) is 6.03. The zero-order valence-electron chi connectivity index (χ0n) is 17.0. The maximum Gasteiger partial charge on any atom is 0.471 e. The molecule has 0 bridgehead atoms. The molecular formula is C20H18F3N5O3S. The van der Waals surface area contributed by atoms with E-state index in [2.05, 4.69) is 24.0 Å². The molecule has 0 aliphatic carbocycles. The Morgan fingerprint density at radius 2 is 1.88 bits per heavy atom. The highest BCUT2D eigenvalue weighted by Gasteiger charge is 2.38. The molecular weight excluding hydrogens is 447 g/mol. The Labute approximate surface area is 181 Å². The van der Waals surface area contributed by atoms with E-state index in [9.17, 15) is 17.4 Å². The molecule has 0 radical (unpaired) electrons. The Balaban J connectivity index is 1.53. The summed E-state index contributed by atoms with van der Waals surface area (Å²) in [5.74, 6) is -0.752. The van der Waals surface area contributed by atoms with Gasteiger partial charge in [-0.05, 0) is 29.8 Å². The average Bonchev–Trinajstić information content (AvgIpc) is 3.38. The van der Waals surface area contributed by atoms with Crippen LogP contribution in [0.1, 0.15) is 17.1 Å². The zero-order valence-corrected chi connectivity index (χ0v) is 17.9. The summed E-state index contributed by atoms with van der Waals surface area (Å²) in [6.07, 6.45) is 0.0244. The van der Waals surface area contributed by atoms with Crippen molar-refractivity contribution in [1.82, 2.24) is 19.5 Å². The van der Waals surface area contributed by atoms with Crippen LogP contribution < -0.4 is 4.74 Å². The summed E-state index contributed by atoms with van der Waals surface area (Å²) in [4.78, 5) is 7.80. The molecule has 0 amide bonds. The Kier molecular flexibility index (Phi) is 5.63. The second-order valence-electron chi connectivity index (χ2n) is 7.08. The maximum atomic E-state index is 12.9. The van der Waals surface area contributed by atoms with Gasteiger partial charge in [0, 0.05) is 33.9 Å². The summed E-state index contributed by atoms with van der Waals surface area (Å²) in [6.45, 7) is 0.288. The third kappa shape index (κ3) is 4.90. The standard InChI is InChI=1S/C20H18F3N5O3S/c1-30-16-6-3-13(4-7-16)9-24-32(2,29)12-15-11-28-10-14(5-8-17(28)25-15)18-26-19(31-27-18)20(21,22)23/h3-8,10-11H,9,12H2,1-2H3. The number of pyridine rings is 1. The smallest absolute Gasteiger partial charge is 0.471 e. The minimum atomic E-state index is -4.71. The van der Waals surface area contributed by atoms with Crippen LogP contribution in [0, 0.1) is 0 Å². The van der Waals surface area contributed by atoms with Crippen LogP contribution in [0.4, 0.5) is 13.2 Å². The molecule has 3 aromatic heterocycles. The zero-order chi connectivity index (χ0) is 22.9. The number of imidazole rings is 1. The van der Waals surface area contributed by atoms with E-state index < -0.39 is 21.8 Å². The molecule has 1 atom stereocenters. The first-order valence-corrected chi connectivity index (χ1v) is 11.4. The van der Waals surface area contributed by atoms with Crippen molar-refractivity contribution in [2.45, 2.75) is 18.5 Å². The van der Waals surface area contributed by atoms with Crippen molar-refractivity contribution in [3.8, 4) is 17.1 Å². The lowest BCUT2D eigenvalue weighted by atomic mass is 10.2. The first-order chi connectivity index (χ1) is 15.1. The number of alkyl halides is 3. The van der Waals surface area contributed by atoms with Gasteiger partial charge in [0.2, 0.25) is 5.82 Å². The van der Waals surface area contributed by atoms with E-state index in [-0.39, 0.29) is 18.1 Å². The van der Waals surface area contributed by atoms with Gasteiger partial charge in [0.25, 0.3) is 0 Å². The van der Waals surface area contributed by atoms with Crippen molar-refractivity contribution in [2.24, 2.45) is 4.36 Å². The van der Waals surface area contributed by atoms with Gasteiger partial charge < -0.3 is 13.7 Å². The molecule has 0 spiro atoms. The number of rotatable bonds is 6. The van der Waals surface area contributed by atoms with E-state index in [0.29, 0.717) is 16.9 Å². The highest BCUT2D eigenvalue weighted by molar-refractivity contribution is 7.92. The second kappa shape index (κ2) is 8.26. The molecule has 0 aliphatic heterocycles. The number of nitrogens with zero attached hydrogens (tertiary/aromatic N) is 5. The van der Waals surface area contributed by atoms with Crippen LogP contribution in [0.25, 0.3) is 17.0 Å². The van der Waals surface area contributed by atoms with Crippen molar-refractivity contribution in [2.75, 3.05) is 13.4 Å². The topological polar surface area (TPSA) is 94.9 Å². The predicted octanol–water partition coefficient (Wildman–Crippen LogP) is 4.21. The van der Waals surface area contributed by atoms with E-state index >= 15 is 0 Å². The van der Waals surface area contributed by atoms with Crippen LogP contribution >= 0.6 is 0 Å². The Morgan fingerprint density at radius 1 is 1.12 bits per heavy atom. The molecule has 4 aromatic rings. The number of fused-ring (bicyclic) bond motifs is 1. The van der Waals surface area contributed by atoms with Crippen LogP contribution in [-0.4, -0.2) is 37.1 Å². The molecule has 1 unspecified atom stereocenters. The quantitative estimate of drug-likeness (QED) is 0.423. The minimum Gasteiger partial charge on any atom is -0.497 e. The van der Waals surface area contributed by atoms with Crippen molar-refractivity contribution in [3.05, 3.63) is 65.9 Å². The van der Waals surface area contributed by atoms with Gasteiger partial charge in [-0.1, -0.05) is 17.3 Å². The minimum absolute atomic E-state index is 0.126. The summed E-state index contributed by atoms with van der Waals surface area (Å²) < 4.78 is 66.3. The predicted molar refractivity (Wildman–Crippen MR) is 110 cm³/mol. The molecule has 32 heavy (non-hydrogen) atoms. The van der Waals surface area contributed by atoms with Crippen LogP contribution in [-0.2, 0) is 28.2 Å². The fraction of sp³-hybridized carbons (Fsp3) is 0.250. The summed E-state index contributed by atoms with van der Waals surface area (Å²) >= 11 is 0. The molecule has 168 valence electrons. The Morgan fingerprint density at radius 3 is 2.53 bits per heavy atom. The van der Waals surface area contributed by atoms with Gasteiger partial charge in [0.15, 0.2) is 0 Å². The van der Waals surface area contributed by atoms with Gasteiger partial charge in [-0.25, -0.2) is 13.6 Å². The van der Waals surface area contributed by atoms with Gasteiger partial charge in [-0.15, -0.1) is 0 Å². The number of methoxy groups -OCH3 is 1. The Hall–Kier alpha value is -3.41. The number of hydrogen-bond acceptors (Lipinski definition) is 7. The van der Waals surface area contributed by atoms with E-state index in [1.54, 1.807) is 30.0 Å². The van der Waals surface area contributed by atoms with E-state index in [0.717, 1.165) is 11.3 Å². The van der Waals surface area contributed by atoms with Gasteiger partial charge in [-0.2, -0.15) is 18.2 Å². The number of benzene rings is 1. The highest BCUT2D eigenvalue weighted by Crippen LogP contribution is 2.29. The normalized spacial score (nSPS) is 13.8. The molecule has 4 rings (SSSR count). The number of halogens is 3. The molecule has 12 heteroatoms. The van der Waals surface area contributed by atoms with Crippen LogP contribution in [0.15, 0.2) is 57.7 Å². The first-order valence-electron chi connectivity index (χ1n) is 9.30. The van der Waals surface area contributed by atoms with Crippen molar-refractivity contribution in [3.63, 3.8) is 0 Å². The van der Waals surface area contributed by atoms with Crippen LogP contribution in [0.2, 0.25) is 0 Å². The fourth-order valence-electron chi connectivity index (χ4n) is 2.96. The molecule has 0 N–H and O–H groups in total. The molecule has 0 aliphatic rings. The van der Waals surface area contributed by atoms with E-state index in [1.165, 1.54) is 12.3 Å². The van der Waals surface area contributed by atoms with Gasteiger partial charge in [0.05, 0.1) is 25.1 Å². The molecule has 0 saturated carbocycles. The maximum absolute atomic E-state index is 12.9. The first kappa shape index (κ1) is 21.8. The second-order valence-corrected chi connectivity index (χ2v) is 9.54. The SMILES string of the molecule is COc1ccc(CN=S(C)(=O)Cc2cn3cc(-c4noc(C(F)(F)F)n4)ccc3n2)cc1. The van der Waals surface area contributed by atoms with Crippen molar-refractivity contribution >= 4 is 15.4 Å². The number of hydrogen-bond donors (Lipinski definition) is 0. The van der Waals surface area contributed by atoms with Gasteiger partial charge in [0.1, 0.15) is 11.4 Å². The monoisotopic (exact) mass is 465 g/mol. The average molecular weight is 465 g/mol. The summed E-state index contributed by atoms with van der Waals surface area (Å²) in [6, 6.07) is 10.5.